The van der Waals surface area contributed by atoms with E-state index in [-0.39, 0.29) is 18.0 Å². The van der Waals surface area contributed by atoms with Gasteiger partial charge in [-0.3, -0.25) is 9.59 Å². The molecule has 1 aromatic heterocycles. The lowest BCUT2D eigenvalue weighted by Gasteiger charge is -2.15. The second kappa shape index (κ2) is 6.04. The van der Waals surface area contributed by atoms with Crippen LogP contribution >= 0.6 is 0 Å². The maximum Gasteiger partial charge on any atom is 0.188 e. The van der Waals surface area contributed by atoms with Crippen LogP contribution in [0.5, 0.6) is 0 Å². The Balaban J connectivity index is 2.80. The Kier molecular flexibility index (Phi) is 4.92. The van der Waals surface area contributed by atoms with Crippen molar-refractivity contribution in [1.29, 1.82) is 0 Å². The van der Waals surface area contributed by atoms with Crippen molar-refractivity contribution in [2.45, 2.75) is 47.5 Å². The van der Waals surface area contributed by atoms with E-state index >= 15 is 0 Å². The monoisotopic (exact) mass is 262 g/mol. The average molecular weight is 262 g/mol. The topological polar surface area (TPSA) is 59.9 Å². The highest BCUT2D eigenvalue weighted by molar-refractivity contribution is 6.08. The normalized spacial score (nSPS) is 11.7. The first-order valence-electron chi connectivity index (χ1n) is 6.57. The Labute approximate surface area is 114 Å². The molecule has 0 aliphatic heterocycles. The molecule has 0 unspecified atom stereocenters. The molecule has 0 amide bonds. The summed E-state index contributed by atoms with van der Waals surface area (Å²) < 4.78 is 0. The van der Waals surface area contributed by atoms with Crippen molar-refractivity contribution in [3.63, 3.8) is 0 Å². The third kappa shape index (κ3) is 4.89. The van der Waals surface area contributed by atoms with Gasteiger partial charge in [-0.15, -0.1) is 0 Å². The van der Waals surface area contributed by atoms with E-state index in [0.717, 1.165) is 12.1 Å². The maximum atomic E-state index is 12.0. The molecule has 1 aromatic rings. The fourth-order valence-corrected chi connectivity index (χ4v) is 1.58. The molecule has 1 rings (SSSR count). The number of hydrogen-bond donors (Lipinski definition) is 0. The molecule has 1 heterocycles. The zero-order chi connectivity index (χ0) is 14.6. The fourth-order valence-electron chi connectivity index (χ4n) is 1.58. The second-order valence-electron chi connectivity index (χ2n) is 6.27. The van der Waals surface area contributed by atoms with Gasteiger partial charge in [-0.05, 0) is 18.4 Å². The van der Waals surface area contributed by atoms with Crippen LogP contribution in [0.15, 0.2) is 12.4 Å². The molecule has 0 saturated carbocycles. The highest BCUT2D eigenvalue weighted by atomic mass is 16.1. The first-order chi connectivity index (χ1) is 8.70. The smallest absolute Gasteiger partial charge is 0.188 e. The number of carbonyl (C=O) groups excluding carboxylic acids is 2. The quantitative estimate of drug-likeness (QED) is 0.604. The van der Waals surface area contributed by atoms with Gasteiger partial charge in [0.15, 0.2) is 5.78 Å². The van der Waals surface area contributed by atoms with Gasteiger partial charge in [-0.25, -0.2) is 9.97 Å². The zero-order valence-corrected chi connectivity index (χ0v) is 12.4. The van der Waals surface area contributed by atoms with Crippen LogP contribution in [0.2, 0.25) is 0 Å². The number of Topliss-reactive ketones (excluding diaryl/α,β-unsaturated/α-hetero) is 2. The summed E-state index contributed by atoms with van der Waals surface area (Å²) in [5, 5.41) is 0. The van der Waals surface area contributed by atoms with Crippen LogP contribution < -0.4 is 0 Å². The molecular weight excluding hydrogens is 240 g/mol. The maximum absolute atomic E-state index is 12.0. The molecular formula is C15H22N2O2. The Bertz CT molecular complexity index is 473. The molecule has 104 valence electrons. The number of carbonyl (C=O) groups is 2. The minimum atomic E-state index is -0.497. The molecule has 0 spiro atoms. The molecule has 0 fully saturated rings. The standard InChI is InChI=1S/C15H22N2O2/c1-10(2)6-11-7-12(17-9-16-11)13(18)8-14(19)15(3,4)5/h7,9-10H,6,8H2,1-5H3. The Morgan fingerprint density at radius 3 is 2.37 bits per heavy atom. The van der Waals surface area contributed by atoms with E-state index in [2.05, 4.69) is 23.8 Å². The molecule has 0 aliphatic carbocycles. The molecule has 0 aliphatic rings. The van der Waals surface area contributed by atoms with E-state index in [0.29, 0.717) is 11.6 Å². The summed E-state index contributed by atoms with van der Waals surface area (Å²) in [6, 6.07) is 1.69. The van der Waals surface area contributed by atoms with Gasteiger partial charge in [-0.1, -0.05) is 34.6 Å². The van der Waals surface area contributed by atoms with E-state index in [1.54, 1.807) is 6.07 Å². The molecule has 4 nitrogen and oxygen atoms in total. The Morgan fingerprint density at radius 1 is 1.21 bits per heavy atom. The molecule has 4 heteroatoms. The van der Waals surface area contributed by atoms with Gasteiger partial charge in [0.05, 0.1) is 6.42 Å². The number of nitrogens with zero attached hydrogens (tertiary/aromatic N) is 2. The van der Waals surface area contributed by atoms with Crippen molar-refractivity contribution in [3.8, 4) is 0 Å². The minimum Gasteiger partial charge on any atom is -0.299 e. The van der Waals surface area contributed by atoms with Crippen LogP contribution in [0.4, 0.5) is 0 Å². The fraction of sp³-hybridized carbons (Fsp3) is 0.600. The van der Waals surface area contributed by atoms with Crippen LogP contribution in [0, 0.1) is 11.3 Å². The predicted octanol–water partition coefficient (Wildman–Crippen LogP) is 2.86. The van der Waals surface area contributed by atoms with Crippen molar-refractivity contribution in [2.24, 2.45) is 11.3 Å². The van der Waals surface area contributed by atoms with Gasteiger partial charge in [0.1, 0.15) is 17.8 Å². The van der Waals surface area contributed by atoms with Gasteiger partial charge >= 0.3 is 0 Å². The summed E-state index contributed by atoms with van der Waals surface area (Å²) >= 11 is 0. The summed E-state index contributed by atoms with van der Waals surface area (Å²) in [7, 11) is 0. The lowest BCUT2D eigenvalue weighted by atomic mass is 9.87. The van der Waals surface area contributed by atoms with Crippen LogP contribution in [-0.4, -0.2) is 21.5 Å². The highest BCUT2D eigenvalue weighted by Crippen LogP contribution is 2.18. The van der Waals surface area contributed by atoms with Crippen molar-refractivity contribution >= 4 is 11.6 Å². The third-order valence-electron chi connectivity index (χ3n) is 2.78. The SMILES string of the molecule is CC(C)Cc1cc(C(=O)CC(=O)C(C)(C)C)ncn1. The largest absolute Gasteiger partial charge is 0.299 e. The van der Waals surface area contributed by atoms with E-state index in [1.165, 1.54) is 6.33 Å². The molecule has 0 saturated heterocycles. The molecule has 0 atom stereocenters. The predicted molar refractivity (Wildman–Crippen MR) is 74.0 cm³/mol. The summed E-state index contributed by atoms with van der Waals surface area (Å²) in [6.07, 6.45) is 2.10. The van der Waals surface area contributed by atoms with Gasteiger partial charge in [-0.2, -0.15) is 0 Å². The molecule has 0 N–H and O–H groups in total. The summed E-state index contributed by atoms with van der Waals surface area (Å²) in [5.74, 6) is 0.169. The first-order valence-corrected chi connectivity index (χ1v) is 6.57. The zero-order valence-electron chi connectivity index (χ0n) is 12.4. The van der Waals surface area contributed by atoms with Crippen molar-refractivity contribution < 1.29 is 9.59 Å². The summed E-state index contributed by atoms with van der Waals surface area (Å²) in [4.78, 5) is 32.0. The van der Waals surface area contributed by atoms with Gasteiger partial charge in [0.2, 0.25) is 0 Å². The van der Waals surface area contributed by atoms with Crippen molar-refractivity contribution in [3.05, 3.63) is 23.8 Å². The number of aromatic nitrogens is 2. The van der Waals surface area contributed by atoms with Gasteiger partial charge in [0.25, 0.3) is 0 Å². The van der Waals surface area contributed by atoms with Gasteiger partial charge < -0.3 is 0 Å². The second-order valence-corrected chi connectivity index (χ2v) is 6.27. The number of ketones is 2. The van der Waals surface area contributed by atoms with Gasteiger partial charge in [0, 0.05) is 11.1 Å². The summed E-state index contributed by atoms with van der Waals surface area (Å²) in [5.41, 5.74) is 0.684. The summed E-state index contributed by atoms with van der Waals surface area (Å²) in [6.45, 7) is 9.62. The van der Waals surface area contributed by atoms with Crippen LogP contribution in [0.1, 0.15) is 57.2 Å². The Morgan fingerprint density at radius 2 is 1.84 bits per heavy atom. The van der Waals surface area contributed by atoms with E-state index < -0.39 is 5.41 Å². The molecule has 19 heavy (non-hydrogen) atoms. The third-order valence-corrected chi connectivity index (χ3v) is 2.78. The van der Waals surface area contributed by atoms with Crippen LogP contribution in [0.3, 0.4) is 0 Å². The highest BCUT2D eigenvalue weighted by Gasteiger charge is 2.24. The van der Waals surface area contributed by atoms with Crippen molar-refractivity contribution in [2.75, 3.05) is 0 Å². The molecule has 0 radical (unpaired) electrons. The Hall–Kier alpha value is -1.58. The average Bonchev–Trinajstić information content (AvgIpc) is 2.27. The molecule has 0 aromatic carbocycles. The first kappa shape index (κ1) is 15.5. The van der Waals surface area contributed by atoms with Crippen molar-refractivity contribution in [1.82, 2.24) is 9.97 Å². The molecule has 0 bridgehead atoms. The minimum absolute atomic E-state index is 0.0680. The van der Waals surface area contributed by atoms with E-state index in [4.69, 9.17) is 0 Å². The lowest BCUT2D eigenvalue weighted by molar-refractivity contribution is -0.125. The van der Waals surface area contributed by atoms with Crippen LogP contribution in [-0.2, 0) is 11.2 Å². The number of rotatable bonds is 5. The van der Waals surface area contributed by atoms with Crippen LogP contribution in [0.25, 0.3) is 0 Å². The lowest BCUT2D eigenvalue weighted by Crippen LogP contribution is -2.23. The van der Waals surface area contributed by atoms with E-state index in [9.17, 15) is 9.59 Å². The van der Waals surface area contributed by atoms with E-state index in [1.807, 2.05) is 20.8 Å². The number of hydrogen-bond acceptors (Lipinski definition) is 4.